The summed E-state index contributed by atoms with van der Waals surface area (Å²) in [6, 6.07) is 14.1. The highest BCUT2D eigenvalue weighted by atomic mass is 16.5. The normalized spacial score (nSPS) is 23.0. The number of anilines is 1. The molecule has 1 saturated heterocycles. The van der Waals surface area contributed by atoms with Gasteiger partial charge in [-0.05, 0) is 19.9 Å². The molecule has 2 aliphatic heterocycles. The third-order valence-electron chi connectivity index (χ3n) is 4.40. The molecule has 4 nitrogen and oxygen atoms in total. The van der Waals surface area contributed by atoms with Gasteiger partial charge in [0.05, 0.1) is 12.3 Å². The summed E-state index contributed by atoms with van der Waals surface area (Å²) >= 11 is 0. The Kier molecular flexibility index (Phi) is 2.78. The van der Waals surface area contributed by atoms with Gasteiger partial charge in [0.2, 0.25) is 0 Å². The van der Waals surface area contributed by atoms with E-state index in [1.165, 1.54) is 11.1 Å². The summed E-state index contributed by atoms with van der Waals surface area (Å²) in [5, 5.41) is 2.96. The number of amides is 2. The van der Waals surface area contributed by atoms with Crippen molar-refractivity contribution in [3.63, 3.8) is 0 Å². The molecule has 4 rings (SSSR count). The summed E-state index contributed by atoms with van der Waals surface area (Å²) < 4.78 is 6.20. The Morgan fingerprint density at radius 2 is 1.86 bits per heavy atom. The Morgan fingerprint density at radius 3 is 2.64 bits per heavy atom. The van der Waals surface area contributed by atoms with Crippen LogP contribution in [0.4, 0.5) is 10.5 Å². The highest BCUT2D eigenvalue weighted by Crippen LogP contribution is 2.46. The van der Waals surface area contributed by atoms with Crippen molar-refractivity contribution < 1.29 is 9.53 Å². The number of nitrogens with zero attached hydrogens (tertiary/aromatic N) is 1. The number of nitrogens with one attached hydrogen (secondary N) is 1. The molecule has 0 saturated carbocycles. The first-order valence-electron chi connectivity index (χ1n) is 7.52. The van der Waals surface area contributed by atoms with Crippen molar-refractivity contribution in [3.05, 3.63) is 64.7 Å². The Labute approximate surface area is 129 Å². The fourth-order valence-electron chi connectivity index (χ4n) is 3.62. The van der Waals surface area contributed by atoms with Crippen molar-refractivity contribution in [2.75, 3.05) is 18.5 Å². The fourth-order valence-corrected chi connectivity index (χ4v) is 3.62. The number of benzene rings is 2. The summed E-state index contributed by atoms with van der Waals surface area (Å²) in [7, 11) is 0. The maximum Gasteiger partial charge on any atom is 0.324 e. The Balaban J connectivity index is 2.02. The van der Waals surface area contributed by atoms with E-state index in [2.05, 4.69) is 37.4 Å². The van der Waals surface area contributed by atoms with Gasteiger partial charge < -0.3 is 10.1 Å². The first-order valence-corrected chi connectivity index (χ1v) is 7.52. The molecule has 1 fully saturated rings. The van der Waals surface area contributed by atoms with Gasteiger partial charge in [0.15, 0.2) is 5.72 Å². The fraction of sp³-hybridized carbons (Fsp3) is 0.278. The maximum absolute atomic E-state index is 12.5. The molecule has 4 heteroatoms. The lowest BCUT2D eigenvalue weighted by atomic mass is 9.88. The predicted molar refractivity (Wildman–Crippen MR) is 84.8 cm³/mol. The van der Waals surface area contributed by atoms with E-state index in [9.17, 15) is 4.79 Å². The average molecular weight is 294 g/mol. The van der Waals surface area contributed by atoms with Gasteiger partial charge in [-0.3, -0.25) is 4.90 Å². The summed E-state index contributed by atoms with van der Waals surface area (Å²) in [5.74, 6) is 0. The molecule has 2 aliphatic rings. The van der Waals surface area contributed by atoms with Gasteiger partial charge in [-0.2, -0.15) is 0 Å². The number of hydrogen-bond acceptors (Lipinski definition) is 2. The van der Waals surface area contributed by atoms with Gasteiger partial charge in [-0.25, -0.2) is 4.79 Å². The molecule has 0 spiro atoms. The molecule has 2 aromatic rings. The van der Waals surface area contributed by atoms with E-state index in [1.807, 2.05) is 24.3 Å². The number of carbonyl (C=O) groups is 1. The number of fused-ring (bicyclic) bond motifs is 3. The molecular formula is C18H18N2O2. The largest absolute Gasteiger partial charge is 0.345 e. The van der Waals surface area contributed by atoms with Gasteiger partial charge in [0.25, 0.3) is 0 Å². The number of rotatable bonds is 1. The Bertz CT molecular complexity index is 751. The Hall–Kier alpha value is -2.33. The van der Waals surface area contributed by atoms with Gasteiger partial charge in [-0.1, -0.05) is 47.5 Å². The molecule has 0 radical (unpaired) electrons. The third kappa shape index (κ3) is 1.70. The van der Waals surface area contributed by atoms with Crippen LogP contribution in [0.15, 0.2) is 42.5 Å². The SMILES string of the molecule is Cc1cc(C)cc(C23OCCN2C(=O)Nc2ccccc23)c1. The second-order valence-electron chi connectivity index (χ2n) is 6.00. The van der Waals surface area contributed by atoms with Crippen molar-refractivity contribution in [2.24, 2.45) is 0 Å². The molecule has 2 amide bonds. The minimum absolute atomic E-state index is 0.102. The molecule has 2 heterocycles. The summed E-state index contributed by atoms with van der Waals surface area (Å²) in [6.45, 7) is 5.27. The highest BCUT2D eigenvalue weighted by molar-refractivity contribution is 5.94. The summed E-state index contributed by atoms with van der Waals surface area (Å²) in [4.78, 5) is 14.3. The van der Waals surface area contributed by atoms with Gasteiger partial charge >= 0.3 is 6.03 Å². The van der Waals surface area contributed by atoms with E-state index >= 15 is 0 Å². The standard InChI is InChI=1S/C18H18N2O2/c1-12-9-13(2)11-14(10-12)18-15-5-3-4-6-16(15)19-17(21)20(18)7-8-22-18/h3-6,9-11H,7-8H2,1-2H3,(H,19,21). The molecule has 112 valence electrons. The zero-order chi connectivity index (χ0) is 15.3. The monoisotopic (exact) mass is 294 g/mol. The number of aryl methyl sites for hydroxylation is 2. The summed E-state index contributed by atoms with van der Waals surface area (Å²) in [6.07, 6.45) is 0. The topological polar surface area (TPSA) is 41.6 Å². The van der Waals surface area contributed by atoms with Crippen molar-refractivity contribution in [1.29, 1.82) is 0 Å². The van der Waals surface area contributed by atoms with E-state index in [1.54, 1.807) is 4.90 Å². The van der Waals surface area contributed by atoms with Crippen molar-refractivity contribution in [1.82, 2.24) is 4.90 Å². The first kappa shape index (κ1) is 13.3. The minimum Gasteiger partial charge on any atom is -0.345 e. The lowest BCUT2D eigenvalue weighted by Crippen LogP contribution is -2.52. The van der Waals surface area contributed by atoms with Crippen molar-refractivity contribution >= 4 is 11.7 Å². The van der Waals surface area contributed by atoms with Crippen molar-refractivity contribution in [3.8, 4) is 0 Å². The second-order valence-corrected chi connectivity index (χ2v) is 6.00. The predicted octanol–water partition coefficient (Wildman–Crippen LogP) is 3.38. The molecule has 1 N–H and O–H groups in total. The van der Waals surface area contributed by atoms with Crippen LogP contribution in [0.1, 0.15) is 22.3 Å². The summed E-state index contributed by atoms with van der Waals surface area (Å²) in [5.41, 5.74) is 4.37. The van der Waals surface area contributed by atoms with E-state index < -0.39 is 5.72 Å². The smallest absolute Gasteiger partial charge is 0.324 e. The van der Waals surface area contributed by atoms with Crippen LogP contribution in [-0.4, -0.2) is 24.1 Å². The quantitative estimate of drug-likeness (QED) is 0.876. The van der Waals surface area contributed by atoms with Crippen LogP contribution < -0.4 is 5.32 Å². The molecule has 0 aromatic heterocycles. The molecule has 0 aliphatic carbocycles. The van der Waals surface area contributed by atoms with Gasteiger partial charge in [-0.15, -0.1) is 0 Å². The number of ether oxygens (including phenoxy) is 1. The van der Waals surface area contributed by atoms with E-state index in [0.717, 1.165) is 16.8 Å². The average Bonchev–Trinajstić information content (AvgIpc) is 2.93. The number of para-hydroxylation sites is 1. The lowest BCUT2D eigenvalue weighted by Gasteiger charge is -2.42. The molecule has 0 bridgehead atoms. The van der Waals surface area contributed by atoms with Crippen LogP contribution in [-0.2, 0) is 10.5 Å². The molecular weight excluding hydrogens is 276 g/mol. The van der Waals surface area contributed by atoms with Crippen LogP contribution in [0.3, 0.4) is 0 Å². The second kappa shape index (κ2) is 4.58. The zero-order valence-corrected chi connectivity index (χ0v) is 12.7. The van der Waals surface area contributed by atoms with Crippen molar-refractivity contribution in [2.45, 2.75) is 19.6 Å². The molecule has 2 aromatic carbocycles. The number of carbonyl (C=O) groups excluding carboxylic acids is 1. The molecule has 1 unspecified atom stereocenters. The van der Waals surface area contributed by atoms with Crippen LogP contribution in [0.5, 0.6) is 0 Å². The number of urea groups is 1. The zero-order valence-electron chi connectivity index (χ0n) is 12.7. The van der Waals surface area contributed by atoms with Crippen LogP contribution in [0.25, 0.3) is 0 Å². The van der Waals surface area contributed by atoms with Crippen LogP contribution >= 0.6 is 0 Å². The van der Waals surface area contributed by atoms with Gasteiger partial charge in [0, 0.05) is 17.7 Å². The van der Waals surface area contributed by atoms with Crippen LogP contribution in [0.2, 0.25) is 0 Å². The van der Waals surface area contributed by atoms with Gasteiger partial charge in [0.1, 0.15) is 0 Å². The van der Waals surface area contributed by atoms with E-state index in [0.29, 0.717) is 13.2 Å². The minimum atomic E-state index is -0.810. The Morgan fingerprint density at radius 1 is 1.14 bits per heavy atom. The number of hydrogen-bond donors (Lipinski definition) is 1. The van der Waals surface area contributed by atoms with Crippen LogP contribution in [0, 0.1) is 13.8 Å². The molecule has 1 atom stereocenters. The van der Waals surface area contributed by atoms with E-state index in [-0.39, 0.29) is 6.03 Å². The highest BCUT2D eigenvalue weighted by Gasteiger charge is 2.52. The molecule has 22 heavy (non-hydrogen) atoms. The first-order chi connectivity index (χ1) is 10.6. The lowest BCUT2D eigenvalue weighted by molar-refractivity contribution is -0.0326. The third-order valence-corrected chi connectivity index (χ3v) is 4.40. The van der Waals surface area contributed by atoms with E-state index in [4.69, 9.17) is 4.74 Å². The maximum atomic E-state index is 12.5.